The minimum atomic E-state index is 0.404. The fourth-order valence-corrected chi connectivity index (χ4v) is 2.19. The Labute approximate surface area is 116 Å². The second kappa shape index (κ2) is 4.70. The lowest BCUT2D eigenvalue weighted by Crippen LogP contribution is -1.99. The van der Waals surface area contributed by atoms with Gasteiger partial charge in [-0.2, -0.15) is 0 Å². The van der Waals surface area contributed by atoms with Crippen LogP contribution >= 0.6 is 0 Å². The number of benzene rings is 1. The van der Waals surface area contributed by atoms with E-state index in [2.05, 4.69) is 9.97 Å². The molecule has 100 valence electrons. The van der Waals surface area contributed by atoms with Gasteiger partial charge in [-0.1, -0.05) is 18.2 Å². The summed E-state index contributed by atoms with van der Waals surface area (Å²) in [5, 5.41) is 0. The average molecular weight is 266 g/mol. The van der Waals surface area contributed by atoms with E-state index in [1.807, 2.05) is 30.3 Å². The van der Waals surface area contributed by atoms with E-state index in [1.54, 1.807) is 19.4 Å². The lowest BCUT2D eigenvalue weighted by atomic mass is 10.0. The molecule has 0 bridgehead atoms. The average Bonchev–Trinajstić information content (AvgIpc) is 2.48. The molecule has 0 saturated carbocycles. The SMILES string of the molecule is COc1ccccc1-c1cc2nccc(N)c2nc1N. The van der Waals surface area contributed by atoms with Crippen LogP contribution in [-0.4, -0.2) is 17.1 Å². The minimum Gasteiger partial charge on any atom is -0.496 e. The molecular weight excluding hydrogens is 252 g/mol. The maximum absolute atomic E-state index is 6.06. The van der Waals surface area contributed by atoms with Crippen LogP contribution in [0.25, 0.3) is 22.2 Å². The molecule has 1 aromatic carbocycles. The highest BCUT2D eigenvalue weighted by molar-refractivity contribution is 5.93. The lowest BCUT2D eigenvalue weighted by Gasteiger charge is -2.11. The Morgan fingerprint density at radius 1 is 1.05 bits per heavy atom. The van der Waals surface area contributed by atoms with Crippen LogP contribution in [0.4, 0.5) is 11.5 Å². The van der Waals surface area contributed by atoms with Crippen LogP contribution in [0.15, 0.2) is 42.6 Å². The lowest BCUT2D eigenvalue weighted by molar-refractivity contribution is 0.416. The molecule has 0 amide bonds. The molecule has 0 atom stereocenters. The minimum absolute atomic E-state index is 0.404. The van der Waals surface area contributed by atoms with Gasteiger partial charge >= 0.3 is 0 Å². The van der Waals surface area contributed by atoms with Crippen molar-refractivity contribution in [2.45, 2.75) is 0 Å². The molecule has 0 unspecified atom stereocenters. The van der Waals surface area contributed by atoms with Crippen molar-refractivity contribution in [3.8, 4) is 16.9 Å². The second-order valence-corrected chi connectivity index (χ2v) is 4.39. The second-order valence-electron chi connectivity index (χ2n) is 4.39. The number of nitrogen functional groups attached to an aromatic ring is 2. The Hall–Kier alpha value is -2.82. The Morgan fingerprint density at radius 2 is 1.85 bits per heavy atom. The van der Waals surface area contributed by atoms with Gasteiger partial charge in [0.1, 0.15) is 17.1 Å². The molecule has 0 spiro atoms. The number of rotatable bonds is 2. The first-order valence-corrected chi connectivity index (χ1v) is 6.15. The Balaban J connectivity index is 2.29. The number of pyridine rings is 2. The van der Waals surface area contributed by atoms with E-state index in [-0.39, 0.29) is 0 Å². The fourth-order valence-electron chi connectivity index (χ4n) is 2.19. The Bertz CT molecular complexity index is 786. The molecule has 0 aliphatic carbocycles. The monoisotopic (exact) mass is 266 g/mol. The van der Waals surface area contributed by atoms with Crippen LogP contribution < -0.4 is 16.2 Å². The highest BCUT2D eigenvalue weighted by atomic mass is 16.5. The molecule has 3 aromatic rings. The highest BCUT2D eigenvalue weighted by Gasteiger charge is 2.12. The maximum atomic E-state index is 6.06. The first-order chi connectivity index (χ1) is 9.70. The molecule has 0 saturated heterocycles. The third-order valence-electron chi connectivity index (χ3n) is 3.17. The van der Waals surface area contributed by atoms with Crippen molar-refractivity contribution in [3.63, 3.8) is 0 Å². The molecule has 20 heavy (non-hydrogen) atoms. The summed E-state index contributed by atoms with van der Waals surface area (Å²) >= 11 is 0. The number of hydrogen-bond acceptors (Lipinski definition) is 5. The number of para-hydroxylation sites is 1. The molecule has 2 aromatic heterocycles. The third kappa shape index (κ3) is 1.89. The molecule has 0 radical (unpaired) electrons. The number of hydrogen-bond donors (Lipinski definition) is 2. The van der Waals surface area contributed by atoms with Crippen LogP contribution in [-0.2, 0) is 0 Å². The van der Waals surface area contributed by atoms with Gasteiger partial charge in [0.05, 0.1) is 18.3 Å². The van der Waals surface area contributed by atoms with Gasteiger partial charge in [0.2, 0.25) is 0 Å². The van der Waals surface area contributed by atoms with Gasteiger partial charge < -0.3 is 16.2 Å². The Morgan fingerprint density at radius 3 is 2.65 bits per heavy atom. The van der Waals surface area contributed by atoms with Gasteiger partial charge in [-0.15, -0.1) is 0 Å². The number of ether oxygens (including phenoxy) is 1. The van der Waals surface area contributed by atoms with Gasteiger partial charge in [0.25, 0.3) is 0 Å². The van der Waals surface area contributed by atoms with E-state index in [1.165, 1.54) is 0 Å². The van der Waals surface area contributed by atoms with Crippen molar-refractivity contribution in [3.05, 3.63) is 42.6 Å². The van der Waals surface area contributed by atoms with Crippen molar-refractivity contribution < 1.29 is 4.74 Å². The maximum Gasteiger partial charge on any atom is 0.132 e. The van der Waals surface area contributed by atoms with Gasteiger partial charge in [-0.3, -0.25) is 4.98 Å². The van der Waals surface area contributed by atoms with E-state index in [9.17, 15) is 0 Å². The summed E-state index contributed by atoms with van der Waals surface area (Å²) in [6, 6.07) is 11.2. The molecular formula is C15H14N4O. The highest BCUT2D eigenvalue weighted by Crippen LogP contribution is 2.34. The van der Waals surface area contributed by atoms with Gasteiger partial charge in [0.15, 0.2) is 0 Å². The van der Waals surface area contributed by atoms with Crippen molar-refractivity contribution in [1.29, 1.82) is 0 Å². The van der Waals surface area contributed by atoms with E-state index >= 15 is 0 Å². The molecule has 5 heteroatoms. The summed E-state index contributed by atoms with van der Waals surface area (Å²) < 4.78 is 5.36. The third-order valence-corrected chi connectivity index (χ3v) is 3.17. The molecule has 0 fully saturated rings. The predicted octanol–water partition coefficient (Wildman–Crippen LogP) is 2.47. The van der Waals surface area contributed by atoms with Gasteiger partial charge in [-0.05, 0) is 18.2 Å². The molecule has 5 nitrogen and oxygen atoms in total. The molecule has 2 heterocycles. The van der Waals surface area contributed by atoms with E-state index in [0.717, 1.165) is 16.9 Å². The van der Waals surface area contributed by atoms with Gasteiger partial charge in [0, 0.05) is 17.3 Å². The molecule has 4 N–H and O–H groups in total. The van der Waals surface area contributed by atoms with E-state index in [0.29, 0.717) is 22.5 Å². The fraction of sp³-hybridized carbons (Fsp3) is 0.0667. The molecule has 0 aliphatic rings. The summed E-state index contributed by atoms with van der Waals surface area (Å²) in [5.41, 5.74) is 15.5. The zero-order chi connectivity index (χ0) is 14.1. The summed E-state index contributed by atoms with van der Waals surface area (Å²) in [7, 11) is 1.62. The zero-order valence-electron chi connectivity index (χ0n) is 11.0. The van der Waals surface area contributed by atoms with Crippen LogP contribution in [0, 0.1) is 0 Å². The number of methoxy groups -OCH3 is 1. The summed E-state index contributed by atoms with van der Waals surface area (Å²) in [6.45, 7) is 0. The zero-order valence-corrected chi connectivity index (χ0v) is 11.0. The van der Waals surface area contributed by atoms with Crippen LogP contribution in [0.1, 0.15) is 0 Å². The van der Waals surface area contributed by atoms with Crippen LogP contribution in [0.5, 0.6) is 5.75 Å². The van der Waals surface area contributed by atoms with E-state index in [4.69, 9.17) is 16.2 Å². The Kier molecular flexibility index (Phi) is 2.87. The number of anilines is 2. The quantitative estimate of drug-likeness (QED) is 0.744. The van der Waals surface area contributed by atoms with Crippen molar-refractivity contribution in [1.82, 2.24) is 9.97 Å². The van der Waals surface area contributed by atoms with E-state index < -0.39 is 0 Å². The number of nitrogens with zero attached hydrogens (tertiary/aromatic N) is 2. The first-order valence-electron chi connectivity index (χ1n) is 6.15. The summed E-state index contributed by atoms with van der Waals surface area (Å²) in [5.74, 6) is 1.14. The predicted molar refractivity (Wildman–Crippen MR) is 80.4 cm³/mol. The summed E-state index contributed by atoms with van der Waals surface area (Å²) in [6.07, 6.45) is 1.65. The number of nitrogens with two attached hydrogens (primary N) is 2. The van der Waals surface area contributed by atoms with Crippen molar-refractivity contribution in [2.75, 3.05) is 18.6 Å². The largest absolute Gasteiger partial charge is 0.496 e. The van der Waals surface area contributed by atoms with Crippen LogP contribution in [0.3, 0.4) is 0 Å². The normalized spacial score (nSPS) is 10.7. The number of aromatic nitrogens is 2. The first kappa shape index (κ1) is 12.2. The van der Waals surface area contributed by atoms with Crippen molar-refractivity contribution >= 4 is 22.5 Å². The molecule has 3 rings (SSSR count). The van der Waals surface area contributed by atoms with Gasteiger partial charge in [-0.25, -0.2) is 4.98 Å². The number of fused-ring (bicyclic) bond motifs is 1. The molecule has 0 aliphatic heterocycles. The smallest absolute Gasteiger partial charge is 0.132 e. The topological polar surface area (TPSA) is 87.0 Å². The standard InChI is InChI=1S/C15H14N4O/c1-20-13-5-3-2-4-9(13)10-8-12-14(19-15(10)17)11(16)6-7-18-12/h2-8H,1H3,(H2,16,18)(H2,17,19). The summed E-state index contributed by atoms with van der Waals surface area (Å²) in [4.78, 5) is 8.65. The van der Waals surface area contributed by atoms with Crippen LogP contribution in [0.2, 0.25) is 0 Å². The van der Waals surface area contributed by atoms with Crippen molar-refractivity contribution in [2.24, 2.45) is 0 Å².